The molecule has 0 aliphatic carbocycles. The van der Waals surface area contributed by atoms with Crippen molar-refractivity contribution in [2.75, 3.05) is 17.7 Å². The Bertz CT molecular complexity index is 485. The predicted molar refractivity (Wildman–Crippen MR) is 74.9 cm³/mol. The van der Waals surface area contributed by atoms with Gasteiger partial charge in [0.15, 0.2) is 0 Å². The third-order valence-corrected chi connectivity index (χ3v) is 2.94. The van der Waals surface area contributed by atoms with Gasteiger partial charge in [0, 0.05) is 23.0 Å². The summed E-state index contributed by atoms with van der Waals surface area (Å²) < 4.78 is 0. The summed E-state index contributed by atoms with van der Waals surface area (Å²) in [6, 6.07) is 6.64. The molecule has 1 aromatic carbocycles. The Morgan fingerprint density at radius 2 is 1.95 bits per heavy atom. The number of halogens is 1. The number of carbonyl (C=O) groups excluding carboxylic acids is 2. The van der Waals surface area contributed by atoms with Gasteiger partial charge in [-0.2, -0.15) is 5.26 Å². The van der Waals surface area contributed by atoms with E-state index in [1.807, 2.05) is 5.40 Å². The molecule has 0 unspecified atom stereocenters. The SMILES string of the molecule is N#CSc1ccc(NC(=O)C(=O)NCCCCl)cc1. The number of thioether (sulfide) groups is 1. The van der Waals surface area contributed by atoms with Crippen LogP contribution in [0.25, 0.3) is 0 Å². The quantitative estimate of drug-likeness (QED) is 0.286. The molecule has 0 saturated heterocycles. The zero-order valence-corrected chi connectivity index (χ0v) is 11.6. The number of nitrogens with one attached hydrogen (secondary N) is 2. The number of hydrogen-bond donors (Lipinski definition) is 2. The number of rotatable bonds is 5. The van der Waals surface area contributed by atoms with Gasteiger partial charge in [0.1, 0.15) is 5.40 Å². The number of nitriles is 1. The highest BCUT2D eigenvalue weighted by molar-refractivity contribution is 8.03. The highest BCUT2D eigenvalue weighted by Crippen LogP contribution is 2.18. The van der Waals surface area contributed by atoms with Crippen molar-refractivity contribution in [3.63, 3.8) is 0 Å². The number of carbonyl (C=O) groups is 2. The zero-order valence-electron chi connectivity index (χ0n) is 9.98. The van der Waals surface area contributed by atoms with Crippen molar-refractivity contribution in [1.82, 2.24) is 5.32 Å². The van der Waals surface area contributed by atoms with E-state index in [4.69, 9.17) is 16.9 Å². The third-order valence-electron chi connectivity index (χ3n) is 2.08. The molecule has 0 bridgehead atoms. The van der Waals surface area contributed by atoms with Crippen LogP contribution >= 0.6 is 23.4 Å². The molecule has 0 radical (unpaired) electrons. The Morgan fingerprint density at radius 1 is 1.26 bits per heavy atom. The molecular weight excluding hydrogens is 286 g/mol. The summed E-state index contributed by atoms with van der Waals surface area (Å²) in [5, 5.41) is 15.4. The second kappa shape index (κ2) is 8.40. The fourth-order valence-electron chi connectivity index (χ4n) is 1.20. The number of anilines is 1. The number of amides is 2. The van der Waals surface area contributed by atoms with Gasteiger partial charge < -0.3 is 10.6 Å². The first-order valence-electron chi connectivity index (χ1n) is 5.48. The number of alkyl halides is 1. The molecule has 7 heteroatoms. The first kappa shape index (κ1) is 15.3. The number of benzene rings is 1. The first-order chi connectivity index (χ1) is 9.17. The first-order valence-corrected chi connectivity index (χ1v) is 6.83. The van der Waals surface area contributed by atoms with E-state index in [9.17, 15) is 9.59 Å². The van der Waals surface area contributed by atoms with Crippen LogP contribution in [0.4, 0.5) is 5.69 Å². The molecule has 0 aromatic heterocycles. The summed E-state index contributed by atoms with van der Waals surface area (Å²) in [7, 11) is 0. The molecule has 0 aliphatic heterocycles. The van der Waals surface area contributed by atoms with Crippen LogP contribution in [0.2, 0.25) is 0 Å². The van der Waals surface area contributed by atoms with E-state index < -0.39 is 11.8 Å². The van der Waals surface area contributed by atoms with Crippen molar-refractivity contribution in [2.45, 2.75) is 11.3 Å². The van der Waals surface area contributed by atoms with Crippen LogP contribution in [-0.4, -0.2) is 24.2 Å². The fraction of sp³-hybridized carbons (Fsp3) is 0.250. The Hall–Kier alpha value is -1.71. The summed E-state index contributed by atoms with van der Waals surface area (Å²) in [5.74, 6) is -0.990. The van der Waals surface area contributed by atoms with E-state index in [1.165, 1.54) is 0 Å². The van der Waals surface area contributed by atoms with Crippen LogP contribution in [0.15, 0.2) is 29.2 Å². The minimum atomic E-state index is -0.727. The van der Waals surface area contributed by atoms with E-state index in [2.05, 4.69) is 10.6 Å². The minimum absolute atomic E-state index is 0.369. The molecular formula is C12H12ClN3O2S. The molecule has 0 fully saturated rings. The van der Waals surface area contributed by atoms with Crippen molar-refractivity contribution in [2.24, 2.45) is 0 Å². The maximum absolute atomic E-state index is 11.5. The maximum atomic E-state index is 11.5. The fourth-order valence-corrected chi connectivity index (χ4v) is 1.71. The molecule has 0 spiro atoms. The van der Waals surface area contributed by atoms with Crippen molar-refractivity contribution in [1.29, 1.82) is 5.26 Å². The van der Waals surface area contributed by atoms with E-state index >= 15 is 0 Å². The largest absolute Gasteiger partial charge is 0.348 e. The number of nitrogens with zero attached hydrogens (tertiary/aromatic N) is 1. The van der Waals surface area contributed by atoms with Gasteiger partial charge >= 0.3 is 11.8 Å². The Labute approximate surface area is 120 Å². The molecule has 0 heterocycles. The van der Waals surface area contributed by atoms with Crippen molar-refractivity contribution >= 4 is 40.9 Å². The molecule has 0 aliphatic rings. The second-order valence-corrected chi connectivity index (χ2v) is 4.71. The van der Waals surface area contributed by atoms with Crippen molar-refractivity contribution < 1.29 is 9.59 Å². The van der Waals surface area contributed by atoms with E-state index in [0.717, 1.165) is 16.7 Å². The highest BCUT2D eigenvalue weighted by atomic mass is 35.5. The Kier molecular flexibility index (Phi) is 6.79. The molecule has 1 rings (SSSR count). The Morgan fingerprint density at radius 3 is 2.53 bits per heavy atom. The average Bonchev–Trinajstić information content (AvgIpc) is 2.41. The van der Waals surface area contributed by atoms with Gasteiger partial charge in [-0.15, -0.1) is 11.6 Å². The summed E-state index contributed by atoms with van der Waals surface area (Å²) in [6.07, 6.45) is 0.612. The Balaban J connectivity index is 2.47. The van der Waals surface area contributed by atoms with Gasteiger partial charge in [0.25, 0.3) is 0 Å². The summed E-state index contributed by atoms with van der Waals surface area (Å²) in [6.45, 7) is 0.369. The van der Waals surface area contributed by atoms with E-state index in [1.54, 1.807) is 24.3 Å². The van der Waals surface area contributed by atoms with Crippen LogP contribution in [0.5, 0.6) is 0 Å². The molecule has 1 aromatic rings. The van der Waals surface area contributed by atoms with Crippen LogP contribution in [-0.2, 0) is 9.59 Å². The van der Waals surface area contributed by atoms with Crippen molar-refractivity contribution in [3.8, 4) is 5.40 Å². The van der Waals surface area contributed by atoms with Gasteiger partial charge in [0.05, 0.1) is 0 Å². The molecule has 2 amide bonds. The molecule has 2 N–H and O–H groups in total. The smallest absolute Gasteiger partial charge is 0.313 e. The predicted octanol–water partition coefficient (Wildman–Crippen LogP) is 1.94. The summed E-state index contributed by atoms with van der Waals surface area (Å²) in [5.41, 5.74) is 0.500. The molecule has 0 atom stereocenters. The topological polar surface area (TPSA) is 82.0 Å². The van der Waals surface area contributed by atoms with E-state index in [-0.39, 0.29) is 0 Å². The third kappa shape index (κ3) is 5.64. The molecule has 19 heavy (non-hydrogen) atoms. The van der Waals surface area contributed by atoms with Gasteiger partial charge in [-0.25, -0.2) is 0 Å². The normalized spacial score (nSPS) is 9.47. The van der Waals surface area contributed by atoms with Crippen LogP contribution in [0.1, 0.15) is 6.42 Å². The average molecular weight is 298 g/mol. The molecule has 100 valence electrons. The summed E-state index contributed by atoms with van der Waals surface area (Å²) >= 11 is 6.48. The lowest BCUT2D eigenvalue weighted by Gasteiger charge is -2.06. The number of thiocyanates is 1. The molecule has 0 saturated carbocycles. The lowest BCUT2D eigenvalue weighted by Crippen LogP contribution is -2.36. The van der Waals surface area contributed by atoms with Gasteiger partial charge in [-0.1, -0.05) is 0 Å². The maximum Gasteiger partial charge on any atom is 0.313 e. The lowest BCUT2D eigenvalue weighted by molar-refractivity contribution is -0.136. The number of hydrogen-bond acceptors (Lipinski definition) is 4. The van der Waals surface area contributed by atoms with Crippen LogP contribution in [0.3, 0.4) is 0 Å². The standard InChI is InChI=1S/C12H12ClN3O2S/c13-6-1-7-15-11(17)12(18)16-9-2-4-10(5-3-9)19-8-14/h2-5H,1,6-7H2,(H,15,17)(H,16,18). The zero-order chi connectivity index (χ0) is 14.1. The van der Waals surface area contributed by atoms with Crippen LogP contribution < -0.4 is 10.6 Å². The van der Waals surface area contributed by atoms with E-state index in [0.29, 0.717) is 24.5 Å². The second-order valence-electron chi connectivity index (χ2n) is 3.47. The van der Waals surface area contributed by atoms with Crippen LogP contribution in [0, 0.1) is 10.7 Å². The van der Waals surface area contributed by atoms with Gasteiger partial charge in [-0.3, -0.25) is 9.59 Å². The van der Waals surface area contributed by atoms with Crippen molar-refractivity contribution in [3.05, 3.63) is 24.3 Å². The molecule has 5 nitrogen and oxygen atoms in total. The van der Waals surface area contributed by atoms with Gasteiger partial charge in [0.2, 0.25) is 0 Å². The summed E-state index contributed by atoms with van der Waals surface area (Å²) in [4.78, 5) is 23.7. The highest BCUT2D eigenvalue weighted by Gasteiger charge is 2.12. The minimum Gasteiger partial charge on any atom is -0.348 e. The monoisotopic (exact) mass is 297 g/mol. The lowest BCUT2D eigenvalue weighted by atomic mass is 10.3. The van der Waals surface area contributed by atoms with Gasteiger partial charge in [-0.05, 0) is 42.4 Å².